The van der Waals surface area contributed by atoms with Crippen molar-refractivity contribution in [1.82, 2.24) is 5.32 Å². The van der Waals surface area contributed by atoms with Gasteiger partial charge in [0.1, 0.15) is 5.75 Å². The highest BCUT2D eigenvalue weighted by molar-refractivity contribution is 5.34. The van der Waals surface area contributed by atoms with Crippen molar-refractivity contribution in [3.8, 4) is 5.75 Å². The molecule has 0 radical (unpaired) electrons. The molecule has 3 nitrogen and oxygen atoms in total. The van der Waals surface area contributed by atoms with Gasteiger partial charge in [-0.05, 0) is 32.5 Å². The Hall–Kier alpha value is -1.06. The summed E-state index contributed by atoms with van der Waals surface area (Å²) in [7, 11) is 1.84. The van der Waals surface area contributed by atoms with Crippen LogP contribution in [0, 0.1) is 0 Å². The Morgan fingerprint density at radius 2 is 2.06 bits per heavy atom. The molecule has 1 aromatic rings. The molecule has 0 spiro atoms. The number of likely N-dealkylation sites (N-methyl/N-ethyl adjacent to an activating group) is 1. The van der Waals surface area contributed by atoms with Crippen LogP contribution < -0.4 is 10.1 Å². The molecule has 1 unspecified atom stereocenters. The highest BCUT2D eigenvalue weighted by Crippen LogP contribution is 2.22. The minimum atomic E-state index is -0.748. The summed E-state index contributed by atoms with van der Waals surface area (Å²) in [5.74, 6) is 0.862. The molecule has 90 valence electrons. The first kappa shape index (κ1) is 13.0. The summed E-state index contributed by atoms with van der Waals surface area (Å²) < 4.78 is 5.53. The average Bonchev–Trinajstić information content (AvgIpc) is 2.20. The fourth-order valence-corrected chi connectivity index (χ4v) is 1.80. The van der Waals surface area contributed by atoms with Gasteiger partial charge in [0.25, 0.3) is 0 Å². The zero-order valence-corrected chi connectivity index (χ0v) is 10.3. The van der Waals surface area contributed by atoms with Crippen LogP contribution in [-0.4, -0.2) is 30.9 Å². The predicted octanol–water partition coefficient (Wildman–Crippen LogP) is 1.60. The van der Waals surface area contributed by atoms with E-state index in [1.165, 1.54) is 0 Å². The highest BCUT2D eigenvalue weighted by Gasteiger charge is 2.21. The van der Waals surface area contributed by atoms with E-state index in [4.69, 9.17) is 4.74 Å². The Kier molecular flexibility index (Phi) is 4.77. The summed E-state index contributed by atoms with van der Waals surface area (Å²) in [6.45, 7) is 4.99. The number of rotatable bonds is 6. The van der Waals surface area contributed by atoms with E-state index in [1.54, 1.807) is 0 Å². The molecule has 0 aliphatic heterocycles. The van der Waals surface area contributed by atoms with E-state index in [-0.39, 0.29) is 0 Å². The van der Waals surface area contributed by atoms with Crippen molar-refractivity contribution in [3.63, 3.8) is 0 Å². The van der Waals surface area contributed by atoms with Gasteiger partial charge in [-0.2, -0.15) is 0 Å². The summed E-state index contributed by atoms with van der Waals surface area (Å²) in [4.78, 5) is 0. The van der Waals surface area contributed by atoms with Gasteiger partial charge in [0, 0.05) is 13.0 Å². The fourth-order valence-electron chi connectivity index (χ4n) is 1.80. The van der Waals surface area contributed by atoms with Crippen LogP contribution in [-0.2, 0) is 6.42 Å². The third-order valence-corrected chi connectivity index (χ3v) is 2.40. The van der Waals surface area contributed by atoms with Crippen molar-refractivity contribution in [2.45, 2.75) is 25.9 Å². The van der Waals surface area contributed by atoms with Gasteiger partial charge in [-0.1, -0.05) is 18.2 Å². The molecule has 0 amide bonds. The Balaban J connectivity index is 2.79. The maximum atomic E-state index is 10.1. The van der Waals surface area contributed by atoms with Gasteiger partial charge in [0.05, 0.1) is 12.2 Å². The third-order valence-electron chi connectivity index (χ3n) is 2.40. The maximum absolute atomic E-state index is 10.1. The normalized spacial score (nSPS) is 14.5. The van der Waals surface area contributed by atoms with E-state index >= 15 is 0 Å². The van der Waals surface area contributed by atoms with Crippen molar-refractivity contribution in [2.75, 3.05) is 20.2 Å². The number of ether oxygens (including phenoxy) is 1. The van der Waals surface area contributed by atoms with E-state index in [2.05, 4.69) is 5.32 Å². The topological polar surface area (TPSA) is 41.5 Å². The molecule has 0 aliphatic rings. The summed E-state index contributed by atoms with van der Waals surface area (Å²) in [6, 6.07) is 7.85. The molecule has 1 aromatic carbocycles. The van der Waals surface area contributed by atoms with Crippen LogP contribution in [0.1, 0.15) is 19.4 Å². The zero-order chi connectivity index (χ0) is 12.0. The minimum absolute atomic E-state index is 0.563. The molecular weight excluding hydrogens is 202 g/mol. The lowest BCUT2D eigenvalue weighted by atomic mass is 9.96. The molecule has 1 rings (SSSR count). The van der Waals surface area contributed by atoms with Crippen molar-refractivity contribution in [1.29, 1.82) is 0 Å². The minimum Gasteiger partial charge on any atom is -0.494 e. The van der Waals surface area contributed by atoms with Gasteiger partial charge in [-0.3, -0.25) is 0 Å². The van der Waals surface area contributed by atoms with Crippen LogP contribution in [0.25, 0.3) is 0 Å². The molecule has 0 bridgehead atoms. The van der Waals surface area contributed by atoms with E-state index in [1.807, 2.05) is 45.2 Å². The molecular formula is C13H21NO2. The van der Waals surface area contributed by atoms with Gasteiger partial charge in [-0.15, -0.1) is 0 Å². The average molecular weight is 223 g/mol. The predicted molar refractivity (Wildman–Crippen MR) is 65.9 cm³/mol. The molecule has 1 atom stereocenters. The first-order chi connectivity index (χ1) is 7.59. The summed E-state index contributed by atoms with van der Waals surface area (Å²) in [5.41, 5.74) is 0.298. The van der Waals surface area contributed by atoms with Crippen LogP contribution in [0.3, 0.4) is 0 Å². The molecule has 0 heterocycles. The Morgan fingerprint density at radius 3 is 2.69 bits per heavy atom. The maximum Gasteiger partial charge on any atom is 0.122 e. The first-order valence-electron chi connectivity index (χ1n) is 5.67. The lowest BCUT2D eigenvalue weighted by Gasteiger charge is -2.24. The van der Waals surface area contributed by atoms with Crippen LogP contribution >= 0.6 is 0 Å². The van der Waals surface area contributed by atoms with Crippen LogP contribution in [0.4, 0.5) is 0 Å². The number of hydrogen-bond acceptors (Lipinski definition) is 3. The van der Waals surface area contributed by atoms with E-state index in [0.717, 1.165) is 11.3 Å². The molecule has 2 N–H and O–H groups in total. The van der Waals surface area contributed by atoms with Gasteiger partial charge < -0.3 is 15.2 Å². The van der Waals surface area contributed by atoms with Gasteiger partial charge in [-0.25, -0.2) is 0 Å². The molecule has 0 fully saturated rings. The number of nitrogens with one attached hydrogen (secondary N) is 1. The van der Waals surface area contributed by atoms with E-state index in [9.17, 15) is 5.11 Å². The fraction of sp³-hybridized carbons (Fsp3) is 0.538. The second kappa shape index (κ2) is 5.87. The molecule has 0 saturated heterocycles. The van der Waals surface area contributed by atoms with Gasteiger partial charge >= 0.3 is 0 Å². The Bertz CT molecular complexity index is 323. The number of para-hydroxylation sites is 1. The molecule has 0 aliphatic carbocycles. The lowest BCUT2D eigenvalue weighted by molar-refractivity contribution is 0.0615. The molecule has 0 aromatic heterocycles. The number of benzene rings is 1. The quantitative estimate of drug-likeness (QED) is 0.769. The molecule has 3 heteroatoms. The van der Waals surface area contributed by atoms with Crippen LogP contribution in [0.5, 0.6) is 5.75 Å². The zero-order valence-electron chi connectivity index (χ0n) is 10.3. The highest BCUT2D eigenvalue weighted by atomic mass is 16.5. The van der Waals surface area contributed by atoms with E-state index < -0.39 is 5.60 Å². The first-order valence-corrected chi connectivity index (χ1v) is 5.67. The number of aliphatic hydroxyl groups is 1. The largest absolute Gasteiger partial charge is 0.494 e. The molecule has 16 heavy (non-hydrogen) atoms. The smallest absolute Gasteiger partial charge is 0.122 e. The van der Waals surface area contributed by atoms with Crippen molar-refractivity contribution in [2.24, 2.45) is 0 Å². The molecule has 0 saturated carbocycles. The second-order valence-electron chi connectivity index (χ2n) is 4.24. The Morgan fingerprint density at radius 1 is 1.38 bits per heavy atom. The Labute approximate surface area is 97.4 Å². The van der Waals surface area contributed by atoms with Crippen molar-refractivity contribution in [3.05, 3.63) is 29.8 Å². The van der Waals surface area contributed by atoms with Crippen molar-refractivity contribution >= 4 is 0 Å². The SMILES string of the molecule is CCOc1ccccc1CC(C)(O)CNC. The van der Waals surface area contributed by atoms with Crippen LogP contribution in [0.15, 0.2) is 24.3 Å². The third kappa shape index (κ3) is 3.83. The standard InChI is InChI=1S/C13H21NO2/c1-4-16-12-8-6-5-7-11(12)9-13(2,15)10-14-3/h5-8,14-15H,4,9-10H2,1-3H3. The summed E-state index contributed by atoms with van der Waals surface area (Å²) in [5, 5.41) is 13.1. The second-order valence-corrected chi connectivity index (χ2v) is 4.24. The summed E-state index contributed by atoms with van der Waals surface area (Å²) >= 11 is 0. The monoisotopic (exact) mass is 223 g/mol. The van der Waals surface area contributed by atoms with Crippen molar-refractivity contribution < 1.29 is 9.84 Å². The van der Waals surface area contributed by atoms with Crippen LogP contribution in [0.2, 0.25) is 0 Å². The van der Waals surface area contributed by atoms with Gasteiger partial charge in [0.15, 0.2) is 0 Å². The van der Waals surface area contributed by atoms with E-state index in [0.29, 0.717) is 19.6 Å². The lowest BCUT2D eigenvalue weighted by Crippen LogP contribution is -2.38. The number of hydrogen-bond donors (Lipinski definition) is 2. The van der Waals surface area contributed by atoms with Gasteiger partial charge in [0.2, 0.25) is 0 Å². The summed E-state index contributed by atoms with van der Waals surface area (Å²) in [6.07, 6.45) is 0.587.